The molecule has 0 radical (unpaired) electrons. The van der Waals surface area contributed by atoms with Crippen LogP contribution in [0, 0.1) is 0 Å². The Morgan fingerprint density at radius 1 is 1.43 bits per heavy atom. The Hall–Kier alpha value is -0.750. The minimum atomic E-state index is -4.33. The number of nitrogens with zero attached hydrogens (tertiary/aromatic N) is 2. The molecular weight excluding hydrogens is 219 g/mol. The van der Waals surface area contributed by atoms with Crippen molar-refractivity contribution in [2.45, 2.75) is 19.3 Å². The average Bonchev–Trinajstić information content (AvgIpc) is 2.45. The molecule has 80 valence electrons. The third-order valence-corrected chi connectivity index (χ3v) is 1.96. The summed E-state index contributed by atoms with van der Waals surface area (Å²) in [4.78, 5) is 3.50. The fraction of sp³-hybridized carbons (Fsp3) is 0.571. The van der Waals surface area contributed by atoms with Gasteiger partial charge in [-0.25, -0.2) is 4.98 Å². The molecular formula is C7H9ClF3N3. The first-order valence-electron chi connectivity index (χ1n) is 3.91. The first kappa shape index (κ1) is 11.3. The quantitative estimate of drug-likeness (QED) is 0.727. The Labute approximate surface area is 84.7 Å². The lowest BCUT2D eigenvalue weighted by molar-refractivity contribution is -0.141. The van der Waals surface area contributed by atoms with Gasteiger partial charge in [0.1, 0.15) is 5.82 Å². The molecule has 0 atom stereocenters. The van der Waals surface area contributed by atoms with E-state index in [0.29, 0.717) is 25.5 Å². The molecule has 0 unspecified atom stereocenters. The standard InChI is InChI=1S/C7H8F3N3.ClH/c8-7(9,10)5-4-13-2-1-11-3-6(13)12-5;/h4,11H,1-3H2;1H. The molecule has 3 nitrogen and oxygen atoms in total. The van der Waals surface area contributed by atoms with Crippen molar-refractivity contribution in [3.63, 3.8) is 0 Å². The summed E-state index contributed by atoms with van der Waals surface area (Å²) in [5, 5.41) is 2.96. The van der Waals surface area contributed by atoms with Gasteiger partial charge in [0.05, 0.1) is 6.54 Å². The van der Waals surface area contributed by atoms with Gasteiger partial charge in [0.2, 0.25) is 0 Å². The van der Waals surface area contributed by atoms with Crippen LogP contribution in [0.3, 0.4) is 0 Å². The second kappa shape index (κ2) is 3.78. The summed E-state index contributed by atoms with van der Waals surface area (Å²) in [5.74, 6) is 0.457. The highest BCUT2D eigenvalue weighted by molar-refractivity contribution is 5.85. The van der Waals surface area contributed by atoms with Gasteiger partial charge in [0.15, 0.2) is 5.69 Å². The van der Waals surface area contributed by atoms with Gasteiger partial charge in [-0.1, -0.05) is 0 Å². The van der Waals surface area contributed by atoms with Crippen molar-refractivity contribution < 1.29 is 13.2 Å². The molecule has 0 aromatic carbocycles. The van der Waals surface area contributed by atoms with E-state index in [-0.39, 0.29) is 12.4 Å². The molecule has 0 bridgehead atoms. The minimum absolute atomic E-state index is 0. The van der Waals surface area contributed by atoms with Crippen molar-refractivity contribution in [3.05, 3.63) is 17.7 Å². The first-order valence-corrected chi connectivity index (χ1v) is 3.91. The summed E-state index contributed by atoms with van der Waals surface area (Å²) >= 11 is 0. The van der Waals surface area contributed by atoms with Crippen LogP contribution in [-0.2, 0) is 19.3 Å². The molecule has 0 spiro atoms. The van der Waals surface area contributed by atoms with Crippen LogP contribution in [0.1, 0.15) is 11.5 Å². The largest absolute Gasteiger partial charge is 0.434 e. The van der Waals surface area contributed by atoms with Gasteiger partial charge in [-0.2, -0.15) is 13.2 Å². The molecule has 1 aliphatic heterocycles. The van der Waals surface area contributed by atoms with E-state index in [4.69, 9.17) is 0 Å². The first-order chi connectivity index (χ1) is 6.07. The average molecular weight is 228 g/mol. The lowest BCUT2D eigenvalue weighted by Crippen LogP contribution is -2.27. The van der Waals surface area contributed by atoms with Gasteiger partial charge >= 0.3 is 6.18 Å². The van der Waals surface area contributed by atoms with Crippen LogP contribution in [0.2, 0.25) is 0 Å². The van der Waals surface area contributed by atoms with Crippen LogP contribution >= 0.6 is 12.4 Å². The van der Waals surface area contributed by atoms with Crippen LogP contribution in [0.15, 0.2) is 6.20 Å². The Balaban J connectivity index is 0.000000980. The highest BCUT2D eigenvalue weighted by atomic mass is 35.5. The lowest BCUT2D eigenvalue weighted by Gasteiger charge is -2.13. The summed E-state index contributed by atoms with van der Waals surface area (Å²) < 4.78 is 38.1. The highest BCUT2D eigenvalue weighted by Crippen LogP contribution is 2.28. The van der Waals surface area contributed by atoms with Gasteiger partial charge in [0.25, 0.3) is 0 Å². The van der Waals surface area contributed by atoms with Crippen molar-refractivity contribution >= 4 is 12.4 Å². The number of hydrogen-bond acceptors (Lipinski definition) is 2. The maximum atomic E-state index is 12.2. The zero-order chi connectivity index (χ0) is 9.47. The molecule has 0 saturated carbocycles. The van der Waals surface area contributed by atoms with Crippen LogP contribution < -0.4 is 5.32 Å². The Morgan fingerprint density at radius 2 is 2.14 bits per heavy atom. The van der Waals surface area contributed by atoms with Crippen molar-refractivity contribution in [2.24, 2.45) is 0 Å². The summed E-state index contributed by atoms with van der Waals surface area (Å²) in [6, 6.07) is 0. The van der Waals surface area contributed by atoms with E-state index < -0.39 is 11.9 Å². The van der Waals surface area contributed by atoms with Crippen LogP contribution in [-0.4, -0.2) is 16.1 Å². The predicted octanol–water partition coefficient (Wildman–Crippen LogP) is 1.43. The SMILES string of the molecule is Cl.FC(F)(F)c1cn2c(n1)CNCC2. The molecule has 14 heavy (non-hydrogen) atoms. The normalized spacial score (nSPS) is 15.9. The van der Waals surface area contributed by atoms with Gasteiger partial charge in [-0.05, 0) is 0 Å². The molecule has 7 heteroatoms. The topological polar surface area (TPSA) is 29.9 Å². The number of imidazole rings is 1. The Morgan fingerprint density at radius 3 is 2.71 bits per heavy atom. The van der Waals surface area contributed by atoms with Crippen molar-refractivity contribution in [1.82, 2.24) is 14.9 Å². The maximum absolute atomic E-state index is 12.2. The zero-order valence-corrected chi connectivity index (χ0v) is 7.95. The second-order valence-corrected chi connectivity index (χ2v) is 2.91. The molecule has 1 aromatic rings. The van der Waals surface area contributed by atoms with Crippen LogP contribution in [0.4, 0.5) is 13.2 Å². The molecule has 0 aliphatic carbocycles. The van der Waals surface area contributed by atoms with E-state index in [1.54, 1.807) is 4.57 Å². The summed E-state index contributed by atoms with van der Waals surface area (Å²) in [6.45, 7) is 1.66. The van der Waals surface area contributed by atoms with Crippen molar-refractivity contribution in [3.8, 4) is 0 Å². The monoisotopic (exact) mass is 227 g/mol. The number of halogens is 4. The van der Waals surface area contributed by atoms with Gasteiger partial charge in [-0.3, -0.25) is 0 Å². The molecule has 1 aliphatic rings. The second-order valence-electron chi connectivity index (χ2n) is 2.91. The fourth-order valence-corrected chi connectivity index (χ4v) is 1.33. The Bertz CT molecular complexity index is 297. The highest BCUT2D eigenvalue weighted by Gasteiger charge is 2.34. The van der Waals surface area contributed by atoms with E-state index in [1.165, 1.54) is 0 Å². The molecule has 0 fully saturated rings. The van der Waals surface area contributed by atoms with E-state index in [2.05, 4.69) is 10.3 Å². The van der Waals surface area contributed by atoms with E-state index >= 15 is 0 Å². The lowest BCUT2D eigenvalue weighted by atomic mass is 10.4. The number of alkyl halides is 3. The van der Waals surface area contributed by atoms with Crippen LogP contribution in [0.25, 0.3) is 0 Å². The van der Waals surface area contributed by atoms with Gasteiger partial charge < -0.3 is 9.88 Å². The summed E-state index contributed by atoms with van der Waals surface area (Å²) in [7, 11) is 0. The molecule has 2 heterocycles. The number of rotatable bonds is 0. The summed E-state index contributed by atoms with van der Waals surface area (Å²) in [5.41, 5.74) is -0.800. The number of hydrogen-bond donors (Lipinski definition) is 1. The number of aromatic nitrogens is 2. The molecule has 1 aromatic heterocycles. The third kappa shape index (κ3) is 2.01. The molecule has 0 saturated heterocycles. The Kier molecular flexibility index (Phi) is 3.06. The zero-order valence-electron chi connectivity index (χ0n) is 7.14. The number of fused-ring (bicyclic) bond motifs is 1. The van der Waals surface area contributed by atoms with E-state index in [0.717, 1.165) is 6.20 Å². The number of nitrogens with one attached hydrogen (secondary N) is 1. The van der Waals surface area contributed by atoms with E-state index in [1.807, 2.05) is 0 Å². The van der Waals surface area contributed by atoms with Crippen molar-refractivity contribution in [1.29, 1.82) is 0 Å². The van der Waals surface area contributed by atoms with Gasteiger partial charge in [0, 0.05) is 19.3 Å². The van der Waals surface area contributed by atoms with E-state index in [9.17, 15) is 13.2 Å². The molecule has 1 N–H and O–H groups in total. The maximum Gasteiger partial charge on any atom is 0.434 e. The predicted molar refractivity (Wildman–Crippen MR) is 46.2 cm³/mol. The smallest absolute Gasteiger partial charge is 0.332 e. The van der Waals surface area contributed by atoms with Gasteiger partial charge in [-0.15, -0.1) is 12.4 Å². The molecule has 0 amide bonds. The molecule has 2 rings (SSSR count). The third-order valence-electron chi connectivity index (χ3n) is 1.96. The fourth-order valence-electron chi connectivity index (χ4n) is 1.33. The minimum Gasteiger partial charge on any atom is -0.332 e. The van der Waals surface area contributed by atoms with Crippen LogP contribution in [0.5, 0.6) is 0 Å². The van der Waals surface area contributed by atoms with Crippen molar-refractivity contribution in [2.75, 3.05) is 6.54 Å². The summed E-state index contributed by atoms with van der Waals surface area (Å²) in [6.07, 6.45) is -3.26.